The number of alkyl halides is 1. The Bertz CT molecular complexity index is 332. The Morgan fingerprint density at radius 2 is 2.12 bits per heavy atom. The van der Waals surface area contributed by atoms with Crippen LogP contribution < -0.4 is 0 Å². The van der Waals surface area contributed by atoms with E-state index in [1.54, 1.807) is 8.61 Å². The molecule has 1 atom stereocenters. The van der Waals surface area contributed by atoms with Crippen LogP contribution in [0.4, 0.5) is 0 Å². The topological polar surface area (TPSA) is 40.6 Å². The average molecular weight is 283 g/mol. The van der Waals surface area contributed by atoms with Crippen molar-refractivity contribution in [2.45, 2.75) is 39.7 Å². The maximum absolute atomic E-state index is 12.4. The predicted octanol–water partition coefficient (Wildman–Crippen LogP) is 1.91. The van der Waals surface area contributed by atoms with Crippen LogP contribution in [0.1, 0.15) is 33.6 Å². The lowest BCUT2D eigenvalue weighted by Crippen LogP contribution is -2.50. The van der Waals surface area contributed by atoms with Crippen molar-refractivity contribution in [1.82, 2.24) is 8.61 Å². The summed E-state index contributed by atoms with van der Waals surface area (Å²) in [4.78, 5) is 0. The summed E-state index contributed by atoms with van der Waals surface area (Å²) >= 11 is 5.84. The maximum atomic E-state index is 12.4. The van der Waals surface area contributed by atoms with E-state index in [0.29, 0.717) is 31.4 Å². The van der Waals surface area contributed by atoms with Gasteiger partial charge in [0.05, 0.1) is 0 Å². The fourth-order valence-corrected chi connectivity index (χ4v) is 4.47. The molecule has 1 rings (SSSR count). The van der Waals surface area contributed by atoms with E-state index in [-0.39, 0.29) is 6.04 Å². The van der Waals surface area contributed by atoms with Crippen molar-refractivity contribution in [3.05, 3.63) is 0 Å². The van der Waals surface area contributed by atoms with Crippen molar-refractivity contribution in [2.24, 2.45) is 5.92 Å². The fourth-order valence-electron chi connectivity index (χ4n) is 2.31. The zero-order chi connectivity index (χ0) is 13.1. The molecule has 1 aliphatic heterocycles. The van der Waals surface area contributed by atoms with Gasteiger partial charge in [0.2, 0.25) is 0 Å². The summed E-state index contributed by atoms with van der Waals surface area (Å²) in [5.74, 6) is 0.839. The maximum Gasteiger partial charge on any atom is 0.282 e. The Kier molecular flexibility index (Phi) is 5.70. The monoisotopic (exact) mass is 282 g/mol. The molecule has 0 N–H and O–H groups in total. The van der Waals surface area contributed by atoms with E-state index >= 15 is 0 Å². The standard InChI is InChI=1S/C11H23ClN2O2S/c1-4-14(10(2)3)17(15,16)13-7-5-6-11(8-12)9-13/h10-11H,4-9H2,1-3H3. The average Bonchev–Trinajstić information content (AvgIpc) is 2.29. The molecule has 0 radical (unpaired) electrons. The first-order valence-corrected chi connectivity index (χ1v) is 8.19. The number of piperidine rings is 1. The van der Waals surface area contributed by atoms with Crippen LogP contribution in [0.15, 0.2) is 0 Å². The molecule has 102 valence electrons. The molecule has 0 aromatic heterocycles. The number of halogens is 1. The minimum atomic E-state index is -3.31. The summed E-state index contributed by atoms with van der Waals surface area (Å²) in [7, 11) is -3.31. The molecule has 0 bridgehead atoms. The second-order valence-electron chi connectivity index (χ2n) is 4.83. The van der Waals surface area contributed by atoms with Gasteiger partial charge in [-0.2, -0.15) is 17.0 Å². The molecule has 17 heavy (non-hydrogen) atoms. The van der Waals surface area contributed by atoms with Crippen molar-refractivity contribution >= 4 is 21.8 Å². The normalized spacial score (nSPS) is 23.5. The van der Waals surface area contributed by atoms with Gasteiger partial charge in [0.15, 0.2) is 0 Å². The second kappa shape index (κ2) is 6.36. The van der Waals surface area contributed by atoms with Crippen LogP contribution in [0.3, 0.4) is 0 Å². The van der Waals surface area contributed by atoms with Crippen molar-refractivity contribution < 1.29 is 8.42 Å². The lowest BCUT2D eigenvalue weighted by atomic mass is 10.0. The van der Waals surface area contributed by atoms with Crippen molar-refractivity contribution in [2.75, 3.05) is 25.5 Å². The van der Waals surface area contributed by atoms with E-state index in [4.69, 9.17) is 11.6 Å². The molecule has 1 fully saturated rings. The lowest BCUT2D eigenvalue weighted by Gasteiger charge is -2.36. The highest BCUT2D eigenvalue weighted by atomic mass is 35.5. The minimum Gasteiger partial charge on any atom is -0.195 e. The molecule has 1 aliphatic rings. The Labute approximate surface area is 110 Å². The Morgan fingerprint density at radius 1 is 1.47 bits per heavy atom. The molecule has 1 saturated heterocycles. The van der Waals surface area contributed by atoms with Crippen molar-refractivity contribution in [1.29, 1.82) is 0 Å². The highest BCUT2D eigenvalue weighted by Gasteiger charge is 2.33. The SMILES string of the molecule is CCN(C(C)C)S(=O)(=O)N1CCCC(CCl)C1. The van der Waals surface area contributed by atoms with Gasteiger partial charge in [-0.3, -0.25) is 0 Å². The first-order chi connectivity index (χ1) is 7.93. The number of nitrogens with zero attached hydrogens (tertiary/aromatic N) is 2. The van der Waals surface area contributed by atoms with Crippen LogP contribution in [0.5, 0.6) is 0 Å². The highest BCUT2D eigenvalue weighted by Crippen LogP contribution is 2.22. The van der Waals surface area contributed by atoms with Gasteiger partial charge in [-0.1, -0.05) is 6.92 Å². The first kappa shape index (κ1) is 15.2. The second-order valence-corrected chi connectivity index (χ2v) is 7.02. The molecule has 0 aromatic rings. The van der Waals surface area contributed by atoms with Gasteiger partial charge >= 0.3 is 0 Å². The summed E-state index contributed by atoms with van der Waals surface area (Å²) in [5, 5.41) is 0. The smallest absolute Gasteiger partial charge is 0.195 e. The molecule has 6 heteroatoms. The van der Waals surface area contributed by atoms with Gasteiger partial charge < -0.3 is 0 Å². The Morgan fingerprint density at radius 3 is 2.59 bits per heavy atom. The molecule has 1 heterocycles. The summed E-state index contributed by atoms with van der Waals surface area (Å²) in [6, 6.07) is 0.00128. The van der Waals surface area contributed by atoms with Gasteiger partial charge in [0, 0.05) is 31.6 Å². The van der Waals surface area contributed by atoms with Crippen molar-refractivity contribution in [3.8, 4) is 0 Å². The number of rotatable bonds is 5. The molecule has 4 nitrogen and oxygen atoms in total. The summed E-state index contributed by atoms with van der Waals surface area (Å²) in [5.41, 5.74) is 0. The summed E-state index contributed by atoms with van der Waals surface area (Å²) in [6.45, 7) is 7.39. The number of hydrogen-bond donors (Lipinski definition) is 0. The lowest BCUT2D eigenvalue weighted by molar-refractivity contribution is 0.251. The molecule has 0 aromatic carbocycles. The molecule has 0 amide bonds. The minimum absolute atomic E-state index is 0.00128. The van der Waals surface area contributed by atoms with Gasteiger partial charge in [-0.15, -0.1) is 11.6 Å². The van der Waals surface area contributed by atoms with Crippen LogP contribution in [-0.2, 0) is 10.2 Å². The van der Waals surface area contributed by atoms with E-state index in [1.807, 2.05) is 20.8 Å². The quantitative estimate of drug-likeness (QED) is 0.723. The summed E-state index contributed by atoms with van der Waals surface area (Å²) < 4.78 is 28.0. The zero-order valence-corrected chi connectivity index (χ0v) is 12.5. The third-order valence-corrected chi connectivity index (χ3v) is 5.90. The molecular weight excluding hydrogens is 260 g/mol. The molecule has 0 spiro atoms. The summed E-state index contributed by atoms with van der Waals surface area (Å²) in [6.07, 6.45) is 1.94. The third kappa shape index (κ3) is 3.56. The number of hydrogen-bond acceptors (Lipinski definition) is 2. The van der Waals surface area contributed by atoms with Crippen LogP contribution in [0.2, 0.25) is 0 Å². The Hall–Kier alpha value is 0.160. The molecule has 0 aliphatic carbocycles. The van der Waals surface area contributed by atoms with Crippen LogP contribution in [0.25, 0.3) is 0 Å². The van der Waals surface area contributed by atoms with E-state index in [9.17, 15) is 8.42 Å². The van der Waals surface area contributed by atoms with E-state index in [1.165, 1.54) is 0 Å². The van der Waals surface area contributed by atoms with Gasteiger partial charge in [-0.05, 0) is 32.6 Å². The zero-order valence-electron chi connectivity index (χ0n) is 10.9. The van der Waals surface area contributed by atoms with Crippen LogP contribution in [0, 0.1) is 5.92 Å². The van der Waals surface area contributed by atoms with Gasteiger partial charge in [-0.25, -0.2) is 0 Å². The molecule has 0 saturated carbocycles. The van der Waals surface area contributed by atoms with Gasteiger partial charge in [0.25, 0.3) is 10.2 Å². The third-order valence-electron chi connectivity index (χ3n) is 3.21. The van der Waals surface area contributed by atoms with Crippen LogP contribution >= 0.6 is 11.6 Å². The molecule has 1 unspecified atom stereocenters. The molecular formula is C11H23ClN2O2S. The van der Waals surface area contributed by atoms with E-state index in [0.717, 1.165) is 12.8 Å². The van der Waals surface area contributed by atoms with Crippen molar-refractivity contribution in [3.63, 3.8) is 0 Å². The Balaban J connectivity index is 2.82. The fraction of sp³-hybridized carbons (Fsp3) is 1.00. The van der Waals surface area contributed by atoms with Crippen LogP contribution in [-0.4, -0.2) is 48.6 Å². The van der Waals surface area contributed by atoms with E-state index in [2.05, 4.69) is 0 Å². The predicted molar refractivity (Wildman–Crippen MR) is 71.5 cm³/mol. The largest absolute Gasteiger partial charge is 0.282 e. The first-order valence-electron chi connectivity index (χ1n) is 6.26. The van der Waals surface area contributed by atoms with Gasteiger partial charge in [0.1, 0.15) is 0 Å². The highest BCUT2D eigenvalue weighted by molar-refractivity contribution is 7.86. The van der Waals surface area contributed by atoms with E-state index < -0.39 is 10.2 Å².